The standard InChI is InChI=1S/C18H22N2O2S/c1-4-6-16-13(5-2)11-17(23-16)18(22)20-15-9-7-14(8-10-15)19-12(3)21/h7-11H,4-6H2,1-3H3,(H,19,21)(H,20,22). The van der Waals surface area contributed by atoms with Gasteiger partial charge >= 0.3 is 0 Å². The van der Waals surface area contributed by atoms with Gasteiger partial charge in [-0.3, -0.25) is 9.59 Å². The number of carbonyl (C=O) groups is 2. The zero-order valence-corrected chi connectivity index (χ0v) is 14.5. The molecule has 2 N–H and O–H groups in total. The van der Waals surface area contributed by atoms with Crippen molar-refractivity contribution in [2.45, 2.75) is 40.0 Å². The molecule has 122 valence electrons. The molecular formula is C18H22N2O2S. The second kappa shape index (κ2) is 7.92. The number of rotatable bonds is 6. The van der Waals surface area contributed by atoms with E-state index in [0.717, 1.165) is 24.1 Å². The van der Waals surface area contributed by atoms with E-state index in [1.54, 1.807) is 35.6 Å². The lowest BCUT2D eigenvalue weighted by atomic mass is 10.1. The van der Waals surface area contributed by atoms with E-state index >= 15 is 0 Å². The molecule has 0 aliphatic carbocycles. The molecule has 0 bridgehead atoms. The highest BCUT2D eigenvalue weighted by Crippen LogP contribution is 2.25. The first-order valence-corrected chi connectivity index (χ1v) is 8.65. The number of carbonyl (C=O) groups excluding carboxylic acids is 2. The van der Waals surface area contributed by atoms with Gasteiger partial charge in [0.15, 0.2) is 0 Å². The first-order valence-electron chi connectivity index (χ1n) is 7.84. The Bertz CT molecular complexity index is 690. The van der Waals surface area contributed by atoms with Crippen molar-refractivity contribution in [3.8, 4) is 0 Å². The molecule has 0 radical (unpaired) electrons. The molecule has 0 saturated carbocycles. The summed E-state index contributed by atoms with van der Waals surface area (Å²) >= 11 is 1.58. The van der Waals surface area contributed by atoms with E-state index in [1.165, 1.54) is 17.4 Å². The van der Waals surface area contributed by atoms with Crippen LogP contribution in [0.1, 0.15) is 47.3 Å². The first-order chi connectivity index (χ1) is 11.0. The molecule has 1 aromatic heterocycles. The van der Waals surface area contributed by atoms with Crippen molar-refractivity contribution in [3.05, 3.63) is 45.6 Å². The summed E-state index contributed by atoms with van der Waals surface area (Å²) in [5, 5.41) is 5.60. The van der Waals surface area contributed by atoms with Crippen molar-refractivity contribution < 1.29 is 9.59 Å². The molecule has 2 amide bonds. The second-order valence-electron chi connectivity index (χ2n) is 5.38. The van der Waals surface area contributed by atoms with Crippen molar-refractivity contribution >= 4 is 34.5 Å². The largest absolute Gasteiger partial charge is 0.326 e. The molecule has 23 heavy (non-hydrogen) atoms. The number of anilines is 2. The molecule has 0 fully saturated rings. The van der Waals surface area contributed by atoms with Crippen LogP contribution >= 0.6 is 11.3 Å². The topological polar surface area (TPSA) is 58.2 Å². The molecule has 0 atom stereocenters. The summed E-state index contributed by atoms with van der Waals surface area (Å²) < 4.78 is 0. The van der Waals surface area contributed by atoms with E-state index in [4.69, 9.17) is 0 Å². The third kappa shape index (κ3) is 4.66. The summed E-state index contributed by atoms with van der Waals surface area (Å²) in [6, 6.07) is 9.10. The zero-order chi connectivity index (χ0) is 16.8. The minimum absolute atomic E-state index is 0.0840. The summed E-state index contributed by atoms with van der Waals surface area (Å²) in [6.07, 6.45) is 3.05. The van der Waals surface area contributed by atoms with Crippen LogP contribution in [0, 0.1) is 0 Å². The van der Waals surface area contributed by atoms with Gasteiger partial charge in [0, 0.05) is 23.2 Å². The summed E-state index contributed by atoms with van der Waals surface area (Å²) in [7, 11) is 0. The Hall–Kier alpha value is -2.14. The lowest BCUT2D eigenvalue weighted by Crippen LogP contribution is -2.10. The maximum Gasteiger partial charge on any atom is 0.265 e. The van der Waals surface area contributed by atoms with Gasteiger partial charge in [-0.2, -0.15) is 0 Å². The fourth-order valence-electron chi connectivity index (χ4n) is 2.35. The number of benzene rings is 1. The minimum Gasteiger partial charge on any atom is -0.326 e. The van der Waals surface area contributed by atoms with E-state index < -0.39 is 0 Å². The molecule has 4 nitrogen and oxygen atoms in total. The fraction of sp³-hybridized carbons (Fsp3) is 0.333. The van der Waals surface area contributed by atoms with Crippen LogP contribution in [0.25, 0.3) is 0 Å². The minimum atomic E-state index is -0.115. The third-order valence-corrected chi connectivity index (χ3v) is 4.68. The molecule has 1 aromatic carbocycles. The van der Waals surface area contributed by atoms with Crippen LogP contribution in [0.2, 0.25) is 0 Å². The molecule has 2 aromatic rings. The number of hydrogen-bond acceptors (Lipinski definition) is 3. The molecule has 5 heteroatoms. The van der Waals surface area contributed by atoms with Crippen LogP contribution in [0.15, 0.2) is 30.3 Å². The van der Waals surface area contributed by atoms with Gasteiger partial charge in [-0.05, 0) is 48.7 Å². The Morgan fingerprint density at radius 3 is 2.17 bits per heavy atom. The van der Waals surface area contributed by atoms with Crippen LogP contribution in [-0.2, 0) is 17.6 Å². The first kappa shape index (κ1) is 17.2. The Balaban J connectivity index is 2.08. The number of amides is 2. The molecular weight excluding hydrogens is 308 g/mol. The Kier molecular flexibility index (Phi) is 5.93. The van der Waals surface area contributed by atoms with Crippen molar-refractivity contribution in [1.29, 1.82) is 0 Å². The third-order valence-electron chi connectivity index (χ3n) is 3.44. The van der Waals surface area contributed by atoms with Gasteiger partial charge in [-0.25, -0.2) is 0 Å². The molecule has 2 rings (SSSR count). The molecule has 0 aliphatic rings. The Morgan fingerprint density at radius 2 is 1.65 bits per heavy atom. The highest BCUT2D eigenvalue weighted by atomic mass is 32.1. The van der Waals surface area contributed by atoms with Gasteiger partial charge in [0.1, 0.15) is 0 Å². The monoisotopic (exact) mass is 330 g/mol. The molecule has 0 aliphatic heterocycles. The lowest BCUT2D eigenvalue weighted by molar-refractivity contribution is -0.114. The normalized spacial score (nSPS) is 10.4. The van der Waals surface area contributed by atoms with E-state index in [-0.39, 0.29) is 11.8 Å². The van der Waals surface area contributed by atoms with Gasteiger partial charge in [0.05, 0.1) is 4.88 Å². The molecule has 1 heterocycles. The van der Waals surface area contributed by atoms with Gasteiger partial charge in [0.25, 0.3) is 5.91 Å². The van der Waals surface area contributed by atoms with Gasteiger partial charge in [-0.1, -0.05) is 20.3 Å². The SMILES string of the molecule is CCCc1sc(C(=O)Nc2ccc(NC(C)=O)cc2)cc1CC. The Morgan fingerprint density at radius 1 is 1.04 bits per heavy atom. The van der Waals surface area contributed by atoms with E-state index in [9.17, 15) is 9.59 Å². The predicted molar refractivity (Wildman–Crippen MR) is 96.4 cm³/mol. The van der Waals surface area contributed by atoms with E-state index in [0.29, 0.717) is 11.4 Å². The van der Waals surface area contributed by atoms with Gasteiger partial charge < -0.3 is 10.6 Å². The maximum absolute atomic E-state index is 12.4. The maximum atomic E-state index is 12.4. The van der Waals surface area contributed by atoms with Gasteiger partial charge in [-0.15, -0.1) is 11.3 Å². The summed E-state index contributed by atoms with van der Waals surface area (Å²) in [5.41, 5.74) is 2.70. The van der Waals surface area contributed by atoms with Crippen LogP contribution in [0.3, 0.4) is 0 Å². The van der Waals surface area contributed by atoms with Crippen molar-refractivity contribution in [2.24, 2.45) is 0 Å². The molecule has 0 saturated heterocycles. The predicted octanol–water partition coefficient (Wildman–Crippen LogP) is 4.47. The Labute approximate surface area is 140 Å². The van der Waals surface area contributed by atoms with Crippen molar-refractivity contribution in [3.63, 3.8) is 0 Å². The summed E-state index contributed by atoms with van der Waals surface area (Å²) in [6.45, 7) is 5.73. The summed E-state index contributed by atoms with van der Waals surface area (Å²) in [5.74, 6) is -0.199. The number of nitrogens with one attached hydrogen (secondary N) is 2. The van der Waals surface area contributed by atoms with Crippen molar-refractivity contribution in [2.75, 3.05) is 10.6 Å². The number of aryl methyl sites for hydroxylation is 2. The average Bonchev–Trinajstić information content (AvgIpc) is 2.92. The quantitative estimate of drug-likeness (QED) is 0.821. The zero-order valence-electron chi connectivity index (χ0n) is 13.7. The second-order valence-corrected chi connectivity index (χ2v) is 6.51. The van der Waals surface area contributed by atoms with E-state index in [2.05, 4.69) is 24.5 Å². The fourth-order valence-corrected chi connectivity index (χ4v) is 3.60. The van der Waals surface area contributed by atoms with Crippen LogP contribution in [0.4, 0.5) is 11.4 Å². The summed E-state index contributed by atoms with van der Waals surface area (Å²) in [4.78, 5) is 25.4. The highest BCUT2D eigenvalue weighted by Gasteiger charge is 2.13. The number of thiophene rings is 1. The average molecular weight is 330 g/mol. The molecule has 0 unspecified atom stereocenters. The van der Waals surface area contributed by atoms with E-state index in [1.807, 2.05) is 6.07 Å². The van der Waals surface area contributed by atoms with Crippen LogP contribution < -0.4 is 10.6 Å². The van der Waals surface area contributed by atoms with Gasteiger partial charge in [0.2, 0.25) is 5.91 Å². The number of hydrogen-bond donors (Lipinski definition) is 2. The molecule has 0 spiro atoms. The lowest BCUT2D eigenvalue weighted by Gasteiger charge is -2.06. The smallest absolute Gasteiger partial charge is 0.265 e. The van der Waals surface area contributed by atoms with Crippen LogP contribution in [0.5, 0.6) is 0 Å². The highest BCUT2D eigenvalue weighted by molar-refractivity contribution is 7.14. The van der Waals surface area contributed by atoms with Crippen molar-refractivity contribution in [1.82, 2.24) is 0 Å². The van der Waals surface area contributed by atoms with Crippen LogP contribution in [-0.4, -0.2) is 11.8 Å².